The van der Waals surface area contributed by atoms with Crippen molar-refractivity contribution in [2.24, 2.45) is 5.73 Å². The van der Waals surface area contributed by atoms with E-state index >= 15 is 0 Å². The molecule has 21 heavy (non-hydrogen) atoms. The highest BCUT2D eigenvalue weighted by atomic mass is 19.1. The van der Waals surface area contributed by atoms with E-state index in [0.717, 1.165) is 43.3 Å². The second kappa shape index (κ2) is 6.15. The van der Waals surface area contributed by atoms with Crippen LogP contribution in [0, 0.1) is 5.82 Å². The minimum atomic E-state index is -0.345. The number of rotatable bonds is 3. The van der Waals surface area contributed by atoms with Crippen molar-refractivity contribution in [3.63, 3.8) is 0 Å². The molecule has 3 N–H and O–H groups in total. The van der Waals surface area contributed by atoms with E-state index in [1.165, 1.54) is 12.1 Å². The molecule has 2 heterocycles. The monoisotopic (exact) mass is 287 g/mol. The summed E-state index contributed by atoms with van der Waals surface area (Å²) in [5.41, 5.74) is 7.83. The highest BCUT2D eigenvalue weighted by Crippen LogP contribution is 2.19. The van der Waals surface area contributed by atoms with Gasteiger partial charge >= 0.3 is 0 Å². The van der Waals surface area contributed by atoms with Crippen LogP contribution in [-0.4, -0.2) is 36.1 Å². The van der Waals surface area contributed by atoms with Crippen molar-refractivity contribution >= 4 is 5.95 Å². The minimum absolute atomic E-state index is 0.267. The number of piperazine rings is 1. The Kier molecular flexibility index (Phi) is 4.08. The zero-order valence-electron chi connectivity index (χ0n) is 11.7. The van der Waals surface area contributed by atoms with Crippen molar-refractivity contribution < 1.29 is 4.39 Å². The average molecular weight is 287 g/mol. The molecule has 0 amide bonds. The SMILES string of the molecule is NC(c1ccc(F)cc1)c1cnc(N2CCNCC2)nc1. The van der Waals surface area contributed by atoms with Crippen LogP contribution in [0.3, 0.4) is 0 Å². The molecule has 0 aliphatic carbocycles. The topological polar surface area (TPSA) is 67.1 Å². The van der Waals surface area contributed by atoms with Crippen LogP contribution in [0.1, 0.15) is 17.2 Å². The predicted octanol–water partition coefficient (Wildman–Crippen LogP) is 1.07. The molecule has 3 rings (SSSR count). The van der Waals surface area contributed by atoms with E-state index in [1.807, 2.05) is 0 Å². The van der Waals surface area contributed by atoms with Crippen LogP contribution in [0.2, 0.25) is 0 Å². The summed E-state index contributed by atoms with van der Waals surface area (Å²) in [6.07, 6.45) is 3.50. The number of anilines is 1. The first kappa shape index (κ1) is 13.9. The Morgan fingerprint density at radius 2 is 1.67 bits per heavy atom. The first-order valence-corrected chi connectivity index (χ1v) is 7.03. The zero-order chi connectivity index (χ0) is 14.7. The summed E-state index contributed by atoms with van der Waals surface area (Å²) in [7, 11) is 0. The van der Waals surface area contributed by atoms with Crippen molar-refractivity contribution in [2.75, 3.05) is 31.1 Å². The van der Waals surface area contributed by atoms with Gasteiger partial charge in [-0.15, -0.1) is 0 Å². The van der Waals surface area contributed by atoms with Crippen LogP contribution in [-0.2, 0) is 0 Å². The molecule has 5 nitrogen and oxygen atoms in total. The van der Waals surface area contributed by atoms with Crippen LogP contribution in [0.25, 0.3) is 0 Å². The van der Waals surface area contributed by atoms with Gasteiger partial charge in [-0.25, -0.2) is 14.4 Å². The third-order valence-corrected chi connectivity index (χ3v) is 3.65. The van der Waals surface area contributed by atoms with Crippen LogP contribution >= 0.6 is 0 Å². The molecule has 1 aliphatic rings. The maximum atomic E-state index is 12.9. The molecule has 110 valence electrons. The molecule has 1 aliphatic heterocycles. The molecular formula is C15H18FN5. The average Bonchev–Trinajstić information content (AvgIpc) is 2.56. The van der Waals surface area contributed by atoms with Gasteiger partial charge in [0.15, 0.2) is 0 Å². The summed E-state index contributed by atoms with van der Waals surface area (Å²) in [4.78, 5) is 10.9. The first-order valence-electron chi connectivity index (χ1n) is 7.03. The summed E-state index contributed by atoms with van der Waals surface area (Å²) < 4.78 is 12.9. The maximum Gasteiger partial charge on any atom is 0.225 e. The van der Waals surface area contributed by atoms with Gasteiger partial charge in [0.2, 0.25) is 5.95 Å². The fraction of sp³-hybridized carbons (Fsp3) is 0.333. The summed E-state index contributed by atoms with van der Waals surface area (Å²) in [6, 6.07) is 5.84. The molecule has 1 aromatic carbocycles. The van der Waals surface area contributed by atoms with Gasteiger partial charge < -0.3 is 16.0 Å². The first-order chi connectivity index (χ1) is 10.2. The zero-order valence-corrected chi connectivity index (χ0v) is 11.7. The normalized spacial score (nSPS) is 16.8. The minimum Gasteiger partial charge on any atom is -0.338 e. The van der Waals surface area contributed by atoms with E-state index in [4.69, 9.17) is 5.73 Å². The molecule has 0 spiro atoms. The van der Waals surface area contributed by atoms with Gasteiger partial charge in [-0.1, -0.05) is 12.1 Å². The van der Waals surface area contributed by atoms with Crippen LogP contribution in [0.5, 0.6) is 0 Å². The van der Waals surface area contributed by atoms with E-state index in [1.54, 1.807) is 24.5 Å². The number of benzene rings is 1. The van der Waals surface area contributed by atoms with Crippen molar-refractivity contribution in [1.29, 1.82) is 0 Å². The van der Waals surface area contributed by atoms with Gasteiger partial charge in [-0.2, -0.15) is 0 Å². The van der Waals surface area contributed by atoms with Gasteiger partial charge in [-0.05, 0) is 17.7 Å². The molecule has 1 unspecified atom stereocenters. The lowest BCUT2D eigenvalue weighted by Gasteiger charge is -2.27. The Bertz CT molecular complexity index is 578. The number of nitrogens with two attached hydrogens (primary N) is 1. The second-order valence-corrected chi connectivity index (χ2v) is 5.08. The maximum absolute atomic E-state index is 12.9. The van der Waals surface area contributed by atoms with Gasteiger partial charge in [0.1, 0.15) is 5.82 Å². The molecule has 6 heteroatoms. The van der Waals surface area contributed by atoms with Crippen molar-refractivity contribution in [3.8, 4) is 0 Å². The fourth-order valence-electron chi connectivity index (χ4n) is 2.38. The molecule has 1 aromatic heterocycles. The largest absolute Gasteiger partial charge is 0.338 e. The number of halogens is 1. The Hall–Kier alpha value is -2.05. The summed E-state index contributed by atoms with van der Waals surface area (Å²) >= 11 is 0. The molecule has 2 aromatic rings. The molecule has 1 fully saturated rings. The van der Waals surface area contributed by atoms with Gasteiger partial charge in [0.25, 0.3) is 0 Å². The van der Waals surface area contributed by atoms with E-state index in [2.05, 4.69) is 20.2 Å². The third kappa shape index (κ3) is 3.17. The molecule has 0 saturated carbocycles. The van der Waals surface area contributed by atoms with E-state index in [0.29, 0.717) is 0 Å². The number of hydrogen-bond acceptors (Lipinski definition) is 5. The summed E-state index contributed by atoms with van der Waals surface area (Å²) in [6.45, 7) is 3.70. The predicted molar refractivity (Wildman–Crippen MR) is 79.5 cm³/mol. The smallest absolute Gasteiger partial charge is 0.225 e. The summed E-state index contributed by atoms with van der Waals surface area (Å²) in [5, 5.41) is 3.29. The van der Waals surface area contributed by atoms with Crippen LogP contribution in [0.15, 0.2) is 36.7 Å². The Morgan fingerprint density at radius 3 is 2.29 bits per heavy atom. The van der Waals surface area contributed by atoms with Gasteiger partial charge in [0, 0.05) is 44.1 Å². The molecule has 0 radical (unpaired) electrons. The number of nitrogens with one attached hydrogen (secondary N) is 1. The number of aromatic nitrogens is 2. The highest BCUT2D eigenvalue weighted by Gasteiger charge is 2.14. The highest BCUT2D eigenvalue weighted by molar-refractivity contribution is 5.34. The Labute approximate surface area is 123 Å². The lowest BCUT2D eigenvalue weighted by molar-refractivity contribution is 0.579. The van der Waals surface area contributed by atoms with E-state index < -0.39 is 0 Å². The van der Waals surface area contributed by atoms with Gasteiger partial charge in [0.05, 0.1) is 6.04 Å². The van der Waals surface area contributed by atoms with E-state index in [-0.39, 0.29) is 11.9 Å². The van der Waals surface area contributed by atoms with Crippen molar-refractivity contribution in [3.05, 3.63) is 53.6 Å². The lowest BCUT2D eigenvalue weighted by Crippen LogP contribution is -2.44. The molecule has 0 bridgehead atoms. The van der Waals surface area contributed by atoms with E-state index in [9.17, 15) is 4.39 Å². The van der Waals surface area contributed by atoms with Crippen LogP contribution < -0.4 is 16.0 Å². The second-order valence-electron chi connectivity index (χ2n) is 5.08. The van der Waals surface area contributed by atoms with Crippen molar-refractivity contribution in [1.82, 2.24) is 15.3 Å². The standard InChI is InChI=1S/C15H18FN5/c16-13-3-1-11(2-4-13)14(17)12-9-19-15(20-10-12)21-7-5-18-6-8-21/h1-4,9-10,14,18H,5-8,17H2. The number of nitrogens with zero attached hydrogens (tertiary/aromatic N) is 3. The molecular weight excluding hydrogens is 269 g/mol. The molecule has 1 atom stereocenters. The quantitative estimate of drug-likeness (QED) is 0.884. The molecule has 1 saturated heterocycles. The van der Waals surface area contributed by atoms with Gasteiger partial charge in [-0.3, -0.25) is 0 Å². The fourth-order valence-corrected chi connectivity index (χ4v) is 2.38. The summed E-state index contributed by atoms with van der Waals surface area (Å²) in [5.74, 6) is 0.461. The number of hydrogen-bond donors (Lipinski definition) is 2. The Balaban J connectivity index is 1.75. The van der Waals surface area contributed by atoms with Crippen molar-refractivity contribution in [2.45, 2.75) is 6.04 Å². The van der Waals surface area contributed by atoms with Crippen LogP contribution in [0.4, 0.5) is 10.3 Å². The lowest BCUT2D eigenvalue weighted by atomic mass is 10.0. The Morgan fingerprint density at radius 1 is 1.05 bits per heavy atom. The third-order valence-electron chi connectivity index (χ3n) is 3.65.